The second-order valence-electron chi connectivity index (χ2n) is 34.0. The smallest absolute Gasteiger partial charge is 0.360 e. The van der Waals surface area contributed by atoms with Gasteiger partial charge in [-0.15, -0.1) is 0 Å². The van der Waals surface area contributed by atoms with Gasteiger partial charge in [-0.1, -0.05) is 170 Å². The van der Waals surface area contributed by atoms with Crippen molar-refractivity contribution in [3.8, 4) is 51.6 Å². The van der Waals surface area contributed by atoms with E-state index in [4.69, 9.17) is 39.5 Å². The lowest BCUT2D eigenvalue weighted by Crippen LogP contribution is -2.50. The zero-order valence-corrected chi connectivity index (χ0v) is 69.5. The van der Waals surface area contributed by atoms with Crippen molar-refractivity contribution in [3.63, 3.8) is 0 Å². The molecule has 16 rings (SSSR count). The number of rotatable bonds is 23. The number of piperidine rings is 3. The van der Waals surface area contributed by atoms with Crippen LogP contribution in [0.2, 0.25) is 15.1 Å². The van der Waals surface area contributed by atoms with Gasteiger partial charge in [0.15, 0.2) is 0 Å². The molecule has 3 amide bonds. The first-order valence-corrected chi connectivity index (χ1v) is 43.4. The van der Waals surface area contributed by atoms with E-state index in [1.807, 2.05) is 91.0 Å². The Morgan fingerprint density at radius 2 is 0.874 bits per heavy atom. The maximum Gasteiger partial charge on any atom is 0.416 e. The number of hydrogen-bond acceptors (Lipinski definition) is 10. The van der Waals surface area contributed by atoms with Crippen LogP contribution >= 0.6 is 34.8 Å². The van der Waals surface area contributed by atoms with E-state index >= 15 is 0 Å². The average Bonchev–Trinajstić information content (AvgIpc) is 1.14. The number of alkyl halides is 3. The number of anilines is 3. The van der Waals surface area contributed by atoms with E-state index in [0.29, 0.717) is 62.4 Å². The largest absolute Gasteiger partial charge is 0.416 e. The van der Waals surface area contributed by atoms with Crippen molar-refractivity contribution in [1.82, 2.24) is 14.7 Å². The number of carbonyl (C=O) groups excluding carboxylic acids is 3. The van der Waals surface area contributed by atoms with E-state index in [-0.39, 0.29) is 41.4 Å². The molecule has 20 heteroatoms. The molecule has 3 N–H and O–H groups in total. The summed E-state index contributed by atoms with van der Waals surface area (Å²) in [6, 6.07) is 70.0. The first kappa shape index (κ1) is 85.7. The van der Waals surface area contributed by atoms with Crippen LogP contribution in [0.1, 0.15) is 174 Å². The summed E-state index contributed by atoms with van der Waals surface area (Å²) in [5.41, 5.74) is 10.7. The fraction of sp³-hybridized carbons (Fsp3) is 0.394. The normalized spacial score (nSPS) is 19.6. The van der Waals surface area contributed by atoms with Gasteiger partial charge in [0, 0.05) is 77.2 Å². The Bertz CT molecular complexity index is 5110. The van der Waals surface area contributed by atoms with Crippen molar-refractivity contribution >= 4 is 69.6 Å². The molecule has 4 aliphatic carbocycles. The highest BCUT2D eigenvalue weighted by molar-refractivity contribution is 6.35. The van der Waals surface area contributed by atoms with E-state index in [2.05, 4.69) is 110 Å². The maximum atomic E-state index is 13.8. The molecule has 9 aromatic carbocycles. The first-order chi connectivity index (χ1) is 57.6. The number of amides is 3. The van der Waals surface area contributed by atoms with E-state index in [9.17, 15) is 47.7 Å². The molecule has 0 radical (unpaired) electrons. The Labute approximate surface area is 712 Å². The molecule has 0 bridgehead atoms. The molecule has 7 fully saturated rings. The van der Waals surface area contributed by atoms with E-state index in [1.165, 1.54) is 82.7 Å². The van der Waals surface area contributed by atoms with Crippen molar-refractivity contribution in [1.29, 1.82) is 15.8 Å². The number of fused-ring (bicyclic) bond motifs is 1. The zero-order chi connectivity index (χ0) is 83.1. The molecule has 0 spiro atoms. The lowest BCUT2D eigenvalue weighted by molar-refractivity contribution is -0.138. The highest BCUT2D eigenvalue weighted by Gasteiger charge is 2.44. The minimum absolute atomic E-state index is 0.00950. The predicted octanol–water partition coefficient (Wildman–Crippen LogP) is 23.4. The SMILES string of the molecule is N#Cc1cccc(-c2ccc(C3(CCC(=O)Nc4cc(F)cc(C(F)(F)F)c4)CCN(CC4CC4)CC3)cc2)c1.N#Cc1cccc(-c2ccc(C3(CCC(=O)Nc4ccc(Cl)cc4)CCN(CC4CC4)CC3)cc2)c1.N#Cc1cccc(-c2ccc(C3(OCC(=O)Nc4cc(Cl)cc(Cl)c4)CCN(C4CCC5CCCCC5C4)CC3)cc2)c1. The summed E-state index contributed by atoms with van der Waals surface area (Å²) < 4.78 is 59.7. The van der Waals surface area contributed by atoms with Crippen molar-refractivity contribution < 1.29 is 36.7 Å². The molecular formula is C99H102Cl3F4N9O4. The third-order valence-electron chi connectivity index (χ3n) is 26.0. The topological polar surface area (TPSA) is 178 Å². The molecule has 119 heavy (non-hydrogen) atoms. The Balaban J connectivity index is 0.000000147. The Morgan fingerprint density at radius 3 is 1.33 bits per heavy atom. The number of nitrogens with one attached hydrogen (secondary N) is 3. The van der Waals surface area contributed by atoms with Crippen LogP contribution in [-0.4, -0.2) is 97.4 Å². The summed E-state index contributed by atoms with van der Waals surface area (Å²) >= 11 is 18.3. The molecular weight excluding hydrogens is 1560 g/mol. The lowest BCUT2D eigenvalue weighted by Gasteiger charge is -2.48. The van der Waals surface area contributed by atoms with Gasteiger partial charge in [-0.3, -0.25) is 14.4 Å². The Kier molecular flexibility index (Phi) is 28.2. The lowest BCUT2D eigenvalue weighted by atomic mass is 9.69. The third kappa shape index (κ3) is 23.1. The zero-order valence-electron chi connectivity index (χ0n) is 67.2. The van der Waals surface area contributed by atoms with Crippen molar-refractivity contribution in [2.45, 2.75) is 163 Å². The third-order valence-corrected chi connectivity index (χ3v) is 26.7. The highest BCUT2D eigenvalue weighted by Crippen LogP contribution is 2.48. The van der Waals surface area contributed by atoms with E-state index in [0.717, 1.165) is 177 Å². The Morgan fingerprint density at radius 1 is 0.437 bits per heavy atom. The van der Waals surface area contributed by atoms with E-state index < -0.39 is 29.1 Å². The summed E-state index contributed by atoms with van der Waals surface area (Å²) in [6.07, 6.45) is 17.7. The molecule has 7 aliphatic rings. The molecule has 3 saturated heterocycles. The van der Waals surface area contributed by atoms with Gasteiger partial charge in [-0.2, -0.15) is 29.0 Å². The summed E-state index contributed by atoms with van der Waals surface area (Å²) in [5.74, 6) is 1.83. The van der Waals surface area contributed by atoms with Crippen LogP contribution in [0.4, 0.5) is 34.6 Å². The number of likely N-dealkylation sites (tertiary alicyclic amines) is 3. The minimum atomic E-state index is -4.71. The number of benzene rings is 9. The second kappa shape index (κ2) is 39.2. The molecule has 0 aromatic heterocycles. The van der Waals surface area contributed by atoms with Gasteiger partial charge >= 0.3 is 6.18 Å². The number of nitriles is 3. The number of halogens is 7. The van der Waals surface area contributed by atoms with Crippen LogP contribution in [0.25, 0.3) is 33.4 Å². The average molecular weight is 1660 g/mol. The van der Waals surface area contributed by atoms with Crippen LogP contribution in [0.5, 0.6) is 0 Å². The van der Waals surface area contributed by atoms with Crippen LogP contribution in [0, 0.1) is 63.5 Å². The van der Waals surface area contributed by atoms with Gasteiger partial charge in [-0.25, -0.2) is 4.39 Å². The van der Waals surface area contributed by atoms with Gasteiger partial charge < -0.3 is 35.4 Å². The summed E-state index contributed by atoms with van der Waals surface area (Å²) in [5, 5.41) is 37.8. The molecule has 3 heterocycles. The second-order valence-corrected chi connectivity index (χ2v) is 35.3. The van der Waals surface area contributed by atoms with Gasteiger partial charge in [0.1, 0.15) is 12.4 Å². The monoisotopic (exact) mass is 1660 g/mol. The molecule has 616 valence electrons. The fourth-order valence-corrected chi connectivity index (χ4v) is 19.5. The van der Waals surface area contributed by atoms with Crippen LogP contribution < -0.4 is 16.0 Å². The van der Waals surface area contributed by atoms with Gasteiger partial charge in [0.05, 0.1) is 46.1 Å². The van der Waals surface area contributed by atoms with Gasteiger partial charge in [0.2, 0.25) is 17.7 Å². The number of ether oxygens (including phenoxy) is 1. The van der Waals surface area contributed by atoms with Crippen molar-refractivity contribution in [3.05, 3.63) is 266 Å². The van der Waals surface area contributed by atoms with Gasteiger partial charge in [0.25, 0.3) is 0 Å². The molecule has 4 saturated carbocycles. The summed E-state index contributed by atoms with van der Waals surface area (Å²) in [4.78, 5) is 46.6. The summed E-state index contributed by atoms with van der Waals surface area (Å²) in [7, 11) is 0. The van der Waals surface area contributed by atoms with Crippen LogP contribution in [-0.2, 0) is 41.7 Å². The van der Waals surface area contributed by atoms with Crippen LogP contribution in [0.15, 0.2) is 206 Å². The molecule has 3 aliphatic heterocycles. The van der Waals surface area contributed by atoms with E-state index in [1.54, 1.807) is 36.4 Å². The summed E-state index contributed by atoms with van der Waals surface area (Å²) in [6.45, 7) is 8.18. The van der Waals surface area contributed by atoms with Crippen molar-refractivity contribution in [2.75, 3.05) is 74.9 Å². The standard InChI is InChI=1S/C36H39Cl2N3O2.C32H31F4N3O.C31H32ClN3O/c37-31-20-32(38)22-33(21-31)40-35(42)24-43-36(30-11-8-27(9-12-30)28-7-3-4-25(18-28)23-39)14-16-41(17-15-36)34-13-10-26-5-1-2-6-29(26)19-34;33-28-17-27(32(34,35)36)18-29(19-28)38-30(40)10-11-31(12-14-39(15-13-31)21-22-4-5-22)26-8-6-24(7-9-26)25-3-1-2-23(16-25)20-37;32-28-10-12-29(13-11-28)34-30(36)14-15-31(16-18-35(19-17-31)22-23-4-5-23)27-8-6-25(7-9-27)26-3-1-2-24(20-26)21-33/h3-4,7-9,11-12,18,20-22,26,29,34H,1-2,5-6,10,13-17,19,24H2,(H,40,42);1-3,6-9,16-19,22H,4-5,10-15,21H2,(H,38,40);1-3,6-13,20,23H,4-5,14-19,22H2,(H,34,36). The molecule has 3 unspecified atom stereocenters. The quantitative estimate of drug-likeness (QED) is 0.0522. The molecule has 13 nitrogen and oxygen atoms in total. The predicted molar refractivity (Wildman–Crippen MR) is 465 cm³/mol. The minimum Gasteiger partial charge on any atom is -0.360 e. The fourth-order valence-electron chi connectivity index (χ4n) is 18.8. The molecule has 9 aromatic rings. The number of carbonyl (C=O) groups is 3. The highest BCUT2D eigenvalue weighted by atomic mass is 35.5. The van der Waals surface area contributed by atoms with Crippen LogP contribution in [0.3, 0.4) is 0 Å². The van der Waals surface area contributed by atoms with Crippen molar-refractivity contribution in [2.24, 2.45) is 23.7 Å². The number of nitrogens with zero attached hydrogens (tertiary/aromatic N) is 6. The maximum absolute atomic E-state index is 13.8. The first-order valence-electron chi connectivity index (χ1n) is 42.2. The molecule has 3 atom stereocenters. The van der Waals surface area contributed by atoms with Gasteiger partial charge in [-0.05, 0) is 304 Å². The number of hydrogen-bond donors (Lipinski definition) is 3. The Hall–Kier alpha value is -9.71.